The number of carbonyl (C=O) groups excluding carboxylic acids is 5. The lowest BCUT2D eigenvalue weighted by molar-refractivity contribution is -0.158. The monoisotopic (exact) mass is 537 g/mol. The summed E-state index contributed by atoms with van der Waals surface area (Å²) in [5, 5.41) is 35.8. The molecule has 4 rings (SSSR count). The second kappa shape index (κ2) is 10.3. The molecule has 1 amide bonds. The summed E-state index contributed by atoms with van der Waals surface area (Å²) in [6, 6.07) is 1.35. The Labute approximate surface area is 225 Å². The molecule has 10 nitrogen and oxygen atoms in total. The van der Waals surface area contributed by atoms with Gasteiger partial charge < -0.3 is 25.4 Å². The van der Waals surface area contributed by atoms with E-state index in [-0.39, 0.29) is 45.9 Å². The van der Waals surface area contributed by atoms with Crippen LogP contribution in [0.15, 0.2) is 41.6 Å². The number of allylic oxidation sites excluding steroid dienone is 2. The number of phenols is 1. The van der Waals surface area contributed by atoms with Crippen LogP contribution in [0.5, 0.6) is 5.75 Å². The third-order valence-corrected chi connectivity index (χ3v) is 7.68. The van der Waals surface area contributed by atoms with E-state index in [9.17, 15) is 39.3 Å². The fourth-order valence-electron chi connectivity index (χ4n) is 5.24. The van der Waals surface area contributed by atoms with E-state index < -0.39 is 58.7 Å². The highest BCUT2D eigenvalue weighted by Gasteiger charge is 2.55. The molecule has 0 aromatic heterocycles. The van der Waals surface area contributed by atoms with Crippen LogP contribution in [0.3, 0.4) is 0 Å². The van der Waals surface area contributed by atoms with Gasteiger partial charge in [-0.1, -0.05) is 25.2 Å². The number of amides is 1. The summed E-state index contributed by atoms with van der Waals surface area (Å²) >= 11 is 0. The Bertz CT molecular complexity index is 1390. The lowest BCUT2D eigenvalue weighted by atomic mass is 9.72. The first-order chi connectivity index (χ1) is 18.3. The number of phenolic OH excluding ortho intramolecular Hbond substituents is 1. The topological polar surface area (TPSA) is 167 Å². The quantitative estimate of drug-likeness (QED) is 0.238. The lowest BCUT2D eigenvalue weighted by Gasteiger charge is -2.34. The summed E-state index contributed by atoms with van der Waals surface area (Å²) in [5.41, 5.74) is -2.84. The van der Waals surface area contributed by atoms with E-state index in [4.69, 9.17) is 4.74 Å². The number of hydrogen-bond acceptors (Lipinski definition) is 9. The van der Waals surface area contributed by atoms with Gasteiger partial charge in [-0.15, -0.1) is 0 Å². The molecule has 1 aliphatic carbocycles. The average molecular weight is 538 g/mol. The molecule has 0 radical (unpaired) electrons. The van der Waals surface area contributed by atoms with Crippen LogP contribution in [0.4, 0.5) is 0 Å². The second-order valence-electron chi connectivity index (χ2n) is 10.3. The zero-order valence-corrected chi connectivity index (χ0v) is 22.1. The fraction of sp³-hybridized carbons (Fsp3) is 0.414. The molecule has 5 atom stereocenters. The van der Waals surface area contributed by atoms with Crippen molar-refractivity contribution in [3.05, 3.63) is 63.9 Å². The van der Waals surface area contributed by atoms with Crippen LogP contribution in [-0.4, -0.2) is 56.8 Å². The van der Waals surface area contributed by atoms with Crippen molar-refractivity contribution >= 4 is 29.2 Å². The van der Waals surface area contributed by atoms with Crippen molar-refractivity contribution in [2.24, 2.45) is 11.8 Å². The number of aliphatic hydroxyl groups is 2. The molecule has 2 heterocycles. The highest BCUT2D eigenvalue weighted by atomic mass is 16.6. The van der Waals surface area contributed by atoms with E-state index in [0.29, 0.717) is 12.8 Å². The summed E-state index contributed by atoms with van der Waals surface area (Å²) in [4.78, 5) is 65.1. The highest BCUT2D eigenvalue weighted by Crippen LogP contribution is 2.49. The number of ketones is 3. The van der Waals surface area contributed by atoms with Crippen molar-refractivity contribution in [3.63, 3.8) is 0 Å². The number of rotatable bonds is 1. The maximum absolute atomic E-state index is 13.5. The predicted molar refractivity (Wildman–Crippen MR) is 138 cm³/mol. The van der Waals surface area contributed by atoms with Gasteiger partial charge in [0, 0.05) is 29.2 Å². The predicted octanol–water partition coefficient (Wildman–Crippen LogP) is 2.08. The molecule has 1 aromatic rings. The first kappa shape index (κ1) is 28.1. The number of hydrogen-bond donors (Lipinski definition) is 4. The number of aliphatic hydroxyl groups excluding tert-OH is 1. The summed E-state index contributed by atoms with van der Waals surface area (Å²) in [7, 11) is 0. The third-order valence-electron chi connectivity index (χ3n) is 7.68. The molecular weight excluding hydrogens is 506 g/mol. The molecule has 3 aliphatic rings. The van der Waals surface area contributed by atoms with E-state index in [0.717, 1.165) is 12.2 Å². The standard InChI is InChI=1S/C29H31NO9/c1-5-16-6-8-19(31)15(4)39-28(37)26(35)14(3)11-18-27(36)30-22-12-21(33)23-17(29(18,22)38)10-13(2)25(34)24(23)20(32)9-7-16/h6,8,10-12,15-16,18-19,31,34,38H,5,7,9H2,1-4H3,(H,30,36)/b8-6-,14-11-/t15?,16?,18-,19?,29-/m0/s1. The highest BCUT2D eigenvalue weighted by molar-refractivity contribution is 6.40. The van der Waals surface area contributed by atoms with E-state index >= 15 is 0 Å². The Morgan fingerprint density at radius 1 is 1.10 bits per heavy atom. The number of aryl methyl sites for hydroxylation is 1. The Morgan fingerprint density at radius 2 is 1.79 bits per heavy atom. The van der Waals surface area contributed by atoms with Crippen molar-refractivity contribution in [2.45, 2.75) is 64.8 Å². The minimum absolute atomic E-state index is 0.0522. The smallest absolute Gasteiger partial charge is 0.379 e. The molecular formula is C29H31NO9. The molecule has 4 N–H and O–H groups in total. The summed E-state index contributed by atoms with van der Waals surface area (Å²) in [6.45, 7) is 6.09. The van der Waals surface area contributed by atoms with Gasteiger partial charge in [0.1, 0.15) is 23.6 Å². The number of cyclic esters (lactones) is 1. The maximum Gasteiger partial charge on any atom is 0.379 e. The molecule has 1 saturated heterocycles. The largest absolute Gasteiger partial charge is 0.507 e. The summed E-state index contributed by atoms with van der Waals surface area (Å²) in [6.07, 6.45) is 3.80. The van der Waals surface area contributed by atoms with Gasteiger partial charge in [0.2, 0.25) is 5.91 Å². The van der Waals surface area contributed by atoms with Crippen LogP contribution in [0, 0.1) is 18.8 Å². The minimum atomic E-state index is -2.18. The van der Waals surface area contributed by atoms with Crippen molar-refractivity contribution in [1.82, 2.24) is 5.32 Å². The number of Topliss-reactive ketones (excluding diaryl/α,β-unsaturated/α-hetero) is 2. The van der Waals surface area contributed by atoms with Crippen LogP contribution in [0.1, 0.15) is 71.9 Å². The van der Waals surface area contributed by atoms with E-state index in [1.165, 1.54) is 32.9 Å². The lowest BCUT2D eigenvalue weighted by Crippen LogP contribution is -2.39. The molecule has 0 spiro atoms. The molecule has 10 heteroatoms. The van der Waals surface area contributed by atoms with Crippen molar-refractivity contribution in [2.75, 3.05) is 0 Å². The Kier molecular flexibility index (Phi) is 7.46. The number of benzene rings is 1. The van der Waals surface area contributed by atoms with Gasteiger partial charge in [-0.3, -0.25) is 19.2 Å². The normalized spacial score (nSPS) is 31.9. The summed E-state index contributed by atoms with van der Waals surface area (Å²) < 4.78 is 5.14. The van der Waals surface area contributed by atoms with E-state index in [1.807, 2.05) is 6.92 Å². The van der Waals surface area contributed by atoms with Gasteiger partial charge in [-0.05, 0) is 51.2 Å². The molecule has 4 bridgehead atoms. The average Bonchev–Trinajstić information content (AvgIpc) is 3.13. The van der Waals surface area contributed by atoms with Gasteiger partial charge in [-0.25, -0.2) is 4.79 Å². The first-order valence-corrected chi connectivity index (χ1v) is 12.8. The molecule has 206 valence electrons. The SMILES string of the molecule is CCC1/C=C\C(O)C(C)OC(=O)C(=O)/C(C)=C\[C@H]2C(=O)NC3=CC(=O)c4c(cc(C)c(O)c4C(=O)CC1)[C@@]32O. The Hall–Kier alpha value is -3.89. The number of aromatic hydroxyl groups is 1. The number of ether oxygens (including phenoxy) is 1. The third kappa shape index (κ3) is 4.74. The van der Waals surface area contributed by atoms with Crippen LogP contribution in [0.25, 0.3) is 0 Å². The Balaban J connectivity index is 1.94. The van der Waals surface area contributed by atoms with Crippen LogP contribution in [-0.2, 0) is 24.7 Å². The minimum Gasteiger partial charge on any atom is -0.507 e. The van der Waals surface area contributed by atoms with Gasteiger partial charge in [0.15, 0.2) is 11.6 Å². The fourth-order valence-corrected chi connectivity index (χ4v) is 5.24. The second-order valence-corrected chi connectivity index (χ2v) is 10.3. The molecule has 1 fully saturated rings. The molecule has 2 aliphatic heterocycles. The summed E-state index contributed by atoms with van der Waals surface area (Å²) in [5.74, 6) is -6.28. The van der Waals surface area contributed by atoms with Gasteiger partial charge in [0.05, 0.1) is 17.2 Å². The Morgan fingerprint density at radius 3 is 2.46 bits per heavy atom. The first-order valence-electron chi connectivity index (χ1n) is 12.8. The molecule has 39 heavy (non-hydrogen) atoms. The zero-order chi connectivity index (χ0) is 28.8. The van der Waals surface area contributed by atoms with Crippen LogP contribution >= 0.6 is 0 Å². The van der Waals surface area contributed by atoms with Crippen molar-refractivity contribution in [3.8, 4) is 5.75 Å². The van der Waals surface area contributed by atoms with E-state index in [2.05, 4.69) is 5.32 Å². The van der Waals surface area contributed by atoms with Crippen LogP contribution in [0.2, 0.25) is 0 Å². The zero-order valence-electron chi connectivity index (χ0n) is 22.1. The maximum atomic E-state index is 13.5. The van der Waals surface area contributed by atoms with Crippen LogP contribution < -0.4 is 5.32 Å². The van der Waals surface area contributed by atoms with Crippen molar-refractivity contribution in [1.29, 1.82) is 0 Å². The van der Waals surface area contributed by atoms with Crippen molar-refractivity contribution < 1.29 is 44.0 Å². The van der Waals surface area contributed by atoms with E-state index in [1.54, 1.807) is 6.08 Å². The van der Waals surface area contributed by atoms with Gasteiger partial charge in [0.25, 0.3) is 5.78 Å². The number of esters is 1. The molecule has 0 saturated carbocycles. The number of carbonyl (C=O) groups is 5. The van der Waals surface area contributed by atoms with Gasteiger partial charge >= 0.3 is 5.97 Å². The molecule has 3 unspecified atom stereocenters. The number of nitrogens with one attached hydrogen (secondary N) is 1. The molecule has 1 aromatic carbocycles. The van der Waals surface area contributed by atoms with Gasteiger partial charge in [-0.2, -0.15) is 0 Å².